The summed E-state index contributed by atoms with van der Waals surface area (Å²) >= 11 is 0. The normalized spacial score (nSPS) is 18.9. The van der Waals surface area contributed by atoms with Gasteiger partial charge in [0.25, 0.3) is 0 Å². The van der Waals surface area contributed by atoms with Gasteiger partial charge in [-0.3, -0.25) is 9.78 Å². The monoisotopic (exact) mass is 233 g/mol. The van der Waals surface area contributed by atoms with Crippen molar-refractivity contribution in [2.45, 2.75) is 44.9 Å². The molecule has 0 aromatic carbocycles. The van der Waals surface area contributed by atoms with Crippen molar-refractivity contribution in [2.75, 3.05) is 0 Å². The highest BCUT2D eigenvalue weighted by atomic mass is 16.4. The van der Waals surface area contributed by atoms with Gasteiger partial charge in [-0.05, 0) is 42.9 Å². The van der Waals surface area contributed by atoms with Crippen molar-refractivity contribution < 1.29 is 9.90 Å². The SMILES string of the molecule is Cc1cnccc1C(C(=O)O)C1CCCCC1. The summed E-state index contributed by atoms with van der Waals surface area (Å²) in [6, 6.07) is 1.86. The van der Waals surface area contributed by atoms with Crippen molar-refractivity contribution >= 4 is 5.97 Å². The van der Waals surface area contributed by atoms with Crippen LogP contribution in [0.25, 0.3) is 0 Å². The largest absolute Gasteiger partial charge is 0.481 e. The molecule has 0 saturated heterocycles. The van der Waals surface area contributed by atoms with E-state index < -0.39 is 5.97 Å². The Morgan fingerprint density at radius 3 is 2.71 bits per heavy atom. The number of aryl methyl sites for hydroxylation is 1. The fraction of sp³-hybridized carbons (Fsp3) is 0.571. The molecule has 1 unspecified atom stereocenters. The van der Waals surface area contributed by atoms with Crippen molar-refractivity contribution in [3.63, 3.8) is 0 Å². The minimum absolute atomic E-state index is 0.294. The van der Waals surface area contributed by atoms with Crippen LogP contribution >= 0.6 is 0 Å². The van der Waals surface area contributed by atoms with Gasteiger partial charge in [-0.25, -0.2) is 0 Å². The molecule has 1 atom stereocenters. The smallest absolute Gasteiger partial charge is 0.311 e. The lowest BCUT2D eigenvalue weighted by atomic mass is 9.76. The number of carbonyl (C=O) groups is 1. The Morgan fingerprint density at radius 2 is 2.12 bits per heavy atom. The molecule has 1 N–H and O–H groups in total. The summed E-state index contributed by atoms with van der Waals surface area (Å²) in [5, 5.41) is 9.48. The van der Waals surface area contributed by atoms with E-state index in [2.05, 4.69) is 4.98 Å². The molecule has 0 bridgehead atoms. The molecular formula is C14H19NO2. The summed E-state index contributed by atoms with van der Waals surface area (Å²) in [5.41, 5.74) is 1.94. The zero-order chi connectivity index (χ0) is 12.3. The van der Waals surface area contributed by atoms with Crippen LogP contribution in [-0.4, -0.2) is 16.1 Å². The van der Waals surface area contributed by atoms with Gasteiger partial charge in [0.2, 0.25) is 0 Å². The Hall–Kier alpha value is -1.38. The van der Waals surface area contributed by atoms with Gasteiger partial charge in [0.05, 0.1) is 5.92 Å². The maximum Gasteiger partial charge on any atom is 0.311 e. The number of rotatable bonds is 3. The maximum absolute atomic E-state index is 11.5. The van der Waals surface area contributed by atoms with E-state index in [1.165, 1.54) is 19.3 Å². The Balaban J connectivity index is 2.28. The highest BCUT2D eigenvalue weighted by Gasteiger charge is 2.31. The Bertz CT molecular complexity index is 397. The first-order chi connectivity index (χ1) is 8.20. The van der Waals surface area contributed by atoms with E-state index in [4.69, 9.17) is 0 Å². The van der Waals surface area contributed by atoms with Crippen LogP contribution in [0.4, 0.5) is 0 Å². The van der Waals surface area contributed by atoms with Crippen LogP contribution in [0.3, 0.4) is 0 Å². The molecule has 0 aliphatic heterocycles. The molecule has 1 aliphatic carbocycles. The van der Waals surface area contributed by atoms with E-state index in [1.807, 2.05) is 13.0 Å². The highest BCUT2D eigenvalue weighted by Crippen LogP contribution is 2.37. The predicted molar refractivity (Wildman–Crippen MR) is 65.9 cm³/mol. The lowest BCUT2D eigenvalue weighted by Gasteiger charge is -2.28. The Kier molecular flexibility index (Phi) is 3.77. The zero-order valence-electron chi connectivity index (χ0n) is 10.2. The minimum Gasteiger partial charge on any atom is -0.481 e. The van der Waals surface area contributed by atoms with E-state index in [0.29, 0.717) is 5.92 Å². The number of hydrogen-bond donors (Lipinski definition) is 1. The maximum atomic E-state index is 11.5. The molecule has 1 heterocycles. The number of aliphatic carboxylic acids is 1. The van der Waals surface area contributed by atoms with E-state index in [1.54, 1.807) is 12.4 Å². The van der Waals surface area contributed by atoms with Crippen LogP contribution < -0.4 is 0 Å². The Morgan fingerprint density at radius 1 is 1.41 bits per heavy atom. The van der Waals surface area contributed by atoms with Gasteiger partial charge in [0.15, 0.2) is 0 Å². The highest BCUT2D eigenvalue weighted by molar-refractivity contribution is 5.77. The minimum atomic E-state index is -0.689. The van der Waals surface area contributed by atoms with Gasteiger partial charge < -0.3 is 5.11 Å². The quantitative estimate of drug-likeness (QED) is 0.872. The van der Waals surface area contributed by atoms with Gasteiger partial charge in [0, 0.05) is 12.4 Å². The van der Waals surface area contributed by atoms with Crippen molar-refractivity contribution in [3.05, 3.63) is 29.6 Å². The molecule has 3 heteroatoms. The van der Waals surface area contributed by atoms with E-state index in [-0.39, 0.29) is 5.92 Å². The predicted octanol–water partition coefficient (Wildman–Crippen LogP) is 3.14. The summed E-state index contributed by atoms with van der Waals surface area (Å²) in [6.45, 7) is 1.95. The molecular weight excluding hydrogens is 214 g/mol. The van der Waals surface area contributed by atoms with Crippen LogP contribution in [0, 0.1) is 12.8 Å². The molecule has 0 amide bonds. The fourth-order valence-electron chi connectivity index (χ4n) is 2.89. The third-order valence-corrected chi connectivity index (χ3v) is 3.79. The Labute approximate surface area is 102 Å². The topological polar surface area (TPSA) is 50.2 Å². The van der Waals surface area contributed by atoms with E-state index >= 15 is 0 Å². The van der Waals surface area contributed by atoms with Crippen molar-refractivity contribution in [1.29, 1.82) is 0 Å². The second kappa shape index (κ2) is 5.30. The fourth-order valence-corrected chi connectivity index (χ4v) is 2.89. The second-order valence-electron chi connectivity index (χ2n) is 4.95. The number of pyridine rings is 1. The van der Waals surface area contributed by atoms with Gasteiger partial charge in [-0.1, -0.05) is 19.3 Å². The molecule has 92 valence electrons. The molecule has 0 radical (unpaired) electrons. The van der Waals surface area contributed by atoms with Crippen LogP contribution in [0.2, 0.25) is 0 Å². The molecule has 2 rings (SSSR count). The third-order valence-electron chi connectivity index (χ3n) is 3.79. The first-order valence-electron chi connectivity index (χ1n) is 6.33. The first kappa shape index (κ1) is 12.1. The molecule has 1 saturated carbocycles. The molecule has 1 aromatic rings. The van der Waals surface area contributed by atoms with Crippen molar-refractivity contribution in [2.24, 2.45) is 5.92 Å². The average molecular weight is 233 g/mol. The number of hydrogen-bond acceptors (Lipinski definition) is 2. The van der Waals surface area contributed by atoms with Crippen LogP contribution in [0.1, 0.15) is 49.1 Å². The number of aromatic nitrogens is 1. The summed E-state index contributed by atoms with van der Waals surface area (Å²) < 4.78 is 0. The molecule has 1 aromatic heterocycles. The van der Waals surface area contributed by atoms with E-state index in [0.717, 1.165) is 24.0 Å². The summed E-state index contributed by atoms with van der Waals surface area (Å²) in [7, 11) is 0. The molecule has 17 heavy (non-hydrogen) atoms. The van der Waals surface area contributed by atoms with Crippen LogP contribution in [-0.2, 0) is 4.79 Å². The number of carboxylic acids is 1. The average Bonchev–Trinajstić information content (AvgIpc) is 2.33. The van der Waals surface area contributed by atoms with Gasteiger partial charge >= 0.3 is 5.97 Å². The number of nitrogens with zero attached hydrogens (tertiary/aromatic N) is 1. The van der Waals surface area contributed by atoms with Crippen molar-refractivity contribution in [3.8, 4) is 0 Å². The molecule has 0 spiro atoms. The third kappa shape index (κ3) is 2.65. The standard InChI is InChI=1S/C14H19NO2/c1-10-9-15-8-7-12(10)13(14(16)17)11-5-3-2-4-6-11/h7-9,11,13H,2-6H2,1H3,(H,16,17). The molecule has 3 nitrogen and oxygen atoms in total. The molecule has 1 aliphatic rings. The van der Waals surface area contributed by atoms with Crippen LogP contribution in [0.15, 0.2) is 18.5 Å². The summed E-state index contributed by atoms with van der Waals surface area (Å²) in [5.74, 6) is -0.744. The summed E-state index contributed by atoms with van der Waals surface area (Å²) in [4.78, 5) is 15.6. The summed E-state index contributed by atoms with van der Waals surface area (Å²) in [6.07, 6.45) is 9.11. The van der Waals surface area contributed by atoms with Gasteiger partial charge in [-0.2, -0.15) is 0 Å². The lowest BCUT2D eigenvalue weighted by molar-refractivity contribution is -0.140. The lowest BCUT2D eigenvalue weighted by Crippen LogP contribution is -2.24. The second-order valence-corrected chi connectivity index (χ2v) is 4.95. The van der Waals surface area contributed by atoms with Gasteiger partial charge in [0.1, 0.15) is 0 Å². The van der Waals surface area contributed by atoms with Crippen molar-refractivity contribution in [1.82, 2.24) is 4.98 Å². The number of carboxylic acid groups (broad SMARTS) is 1. The zero-order valence-corrected chi connectivity index (χ0v) is 10.2. The van der Waals surface area contributed by atoms with Crippen LogP contribution in [0.5, 0.6) is 0 Å². The molecule has 1 fully saturated rings. The first-order valence-corrected chi connectivity index (χ1v) is 6.33. The van der Waals surface area contributed by atoms with Gasteiger partial charge in [-0.15, -0.1) is 0 Å². The van der Waals surface area contributed by atoms with E-state index in [9.17, 15) is 9.90 Å².